The van der Waals surface area contributed by atoms with Gasteiger partial charge in [-0.2, -0.15) is 0 Å². The Morgan fingerprint density at radius 3 is 2.33 bits per heavy atom. The molecule has 1 amide bonds. The van der Waals surface area contributed by atoms with Crippen LogP contribution < -0.4 is 20.7 Å². The number of benzene rings is 2. The lowest BCUT2D eigenvalue weighted by Gasteiger charge is -2.28. The predicted molar refractivity (Wildman–Crippen MR) is 118 cm³/mol. The van der Waals surface area contributed by atoms with Crippen LogP contribution in [0.5, 0.6) is 5.75 Å². The fourth-order valence-electron chi connectivity index (χ4n) is 2.05. The molecule has 0 aliphatic carbocycles. The van der Waals surface area contributed by atoms with Crippen LogP contribution in [0.15, 0.2) is 53.0 Å². The van der Waals surface area contributed by atoms with E-state index in [0.29, 0.717) is 17.0 Å². The molecule has 1 atom stereocenters. The van der Waals surface area contributed by atoms with Crippen molar-refractivity contribution in [2.75, 3.05) is 12.4 Å². The first-order chi connectivity index (χ1) is 12.7. The zero-order valence-electron chi connectivity index (χ0n) is 13.9. The summed E-state index contributed by atoms with van der Waals surface area (Å²) in [5.41, 5.74) is 1.03. The molecule has 0 aromatic heterocycles. The fraction of sp³-hybridized carbons (Fsp3) is 0.176. The molecule has 0 saturated carbocycles. The molecular weight excluding hydrogens is 497 g/mol. The summed E-state index contributed by atoms with van der Waals surface area (Å²) >= 11 is 26.6. The second-order valence-corrected chi connectivity index (χ2v) is 8.95. The van der Waals surface area contributed by atoms with E-state index in [0.717, 1.165) is 4.47 Å². The molecule has 0 unspecified atom stereocenters. The summed E-state index contributed by atoms with van der Waals surface area (Å²) in [6.07, 6.45) is -1.08. The van der Waals surface area contributed by atoms with Gasteiger partial charge in [0.1, 0.15) is 11.9 Å². The smallest absolute Gasteiger partial charge is 0.252 e. The lowest BCUT2D eigenvalue weighted by Crippen LogP contribution is -2.56. The molecule has 0 aliphatic rings. The summed E-state index contributed by atoms with van der Waals surface area (Å²) in [5.74, 6) is 0.164. The summed E-state index contributed by atoms with van der Waals surface area (Å²) in [5, 5.41) is 8.51. The molecule has 0 bridgehead atoms. The molecular formula is C17H15BrCl3N3O2S. The van der Waals surface area contributed by atoms with Gasteiger partial charge in [0.2, 0.25) is 3.79 Å². The third-order valence-corrected chi connectivity index (χ3v) is 4.74. The van der Waals surface area contributed by atoms with Crippen molar-refractivity contribution in [2.24, 2.45) is 0 Å². The highest BCUT2D eigenvalue weighted by molar-refractivity contribution is 9.10. The molecule has 144 valence electrons. The first-order valence-corrected chi connectivity index (χ1v) is 9.88. The Morgan fingerprint density at radius 2 is 1.74 bits per heavy atom. The van der Waals surface area contributed by atoms with Crippen LogP contribution >= 0.6 is 63.0 Å². The number of hydrogen-bond donors (Lipinski definition) is 3. The second kappa shape index (κ2) is 9.80. The Kier molecular flexibility index (Phi) is 8.00. The highest BCUT2D eigenvalue weighted by Gasteiger charge is 2.35. The SMILES string of the molecule is COc1ccccc1NC(=S)N[C@@H](NC(=O)c1ccc(Br)cc1)C(Cl)(Cl)Cl. The van der Waals surface area contributed by atoms with Crippen molar-refractivity contribution in [3.63, 3.8) is 0 Å². The molecule has 3 N–H and O–H groups in total. The first-order valence-electron chi connectivity index (χ1n) is 7.54. The van der Waals surface area contributed by atoms with E-state index in [2.05, 4.69) is 31.9 Å². The monoisotopic (exact) mass is 509 g/mol. The maximum absolute atomic E-state index is 12.4. The van der Waals surface area contributed by atoms with Crippen LogP contribution in [-0.2, 0) is 0 Å². The molecule has 2 rings (SSSR count). The maximum Gasteiger partial charge on any atom is 0.252 e. The summed E-state index contributed by atoms with van der Waals surface area (Å²) in [4.78, 5) is 12.4. The summed E-state index contributed by atoms with van der Waals surface area (Å²) in [7, 11) is 1.54. The minimum Gasteiger partial charge on any atom is -0.495 e. The van der Waals surface area contributed by atoms with Crippen molar-refractivity contribution in [3.05, 3.63) is 58.6 Å². The number of halogens is 4. The molecule has 0 fully saturated rings. The van der Waals surface area contributed by atoms with Gasteiger partial charge in [0, 0.05) is 10.0 Å². The minimum atomic E-state index is -1.85. The van der Waals surface area contributed by atoms with E-state index in [4.69, 9.17) is 51.8 Å². The van der Waals surface area contributed by atoms with E-state index in [9.17, 15) is 4.79 Å². The van der Waals surface area contributed by atoms with Gasteiger partial charge in [0.15, 0.2) is 5.11 Å². The van der Waals surface area contributed by atoms with Crippen molar-refractivity contribution in [3.8, 4) is 5.75 Å². The number of para-hydroxylation sites is 2. The standard InChI is InChI=1S/C17H15BrCl3N3O2S/c1-26-13-5-3-2-4-12(13)22-16(27)24-15(17(19,20)21)23-14(25)10-6-8-11(18)9-7-10/h2-9,15H,1H3,(H,23,25)(H2,22,24,27)/t15-/m1/s1. The van der Waals surface area contributed by atoms with Gasteiger partial charge in [-0.05, 0) is 48.6 Å². The highest BCUT2D eigenvalue weighted by Crippen LogP contribution is 2.30. The van der Waals surface area contributed by atoms with Gasteiger partial charge >= 0.3 is 0 Å². The van der Waals surface area contributed by atoms with Gasteiger partial charge in [0.25, 0.3) is 5.91 Å². The summed E-state index contributed by atoms with van der Waals surface area (Å²) in [6.45, 7) is 0. The van der Waals surface area contributed by atoms with Gasteiger partial charge in [-0.3, -0.25) is 4.79 Å². The molecule has 10 heteroatoms. The molecule has 5 nitrogen and oxygen atoms in total. The van der Waals surface area contributed by atoms with Crippen LogP contribution in [0.25, 0.3) is 0 Å². The Bertz CT molecular complexity index is 816. The quantitative estimate of drug-likeness (QED) is 0.304. The number of amides is 1. The number of nitrogens with one attached hydrogen (secondary N) is 3. The van der Waals surface area contributed by atoms with Crippen LogP contribution in [0.3, 0.4) is 0 Å². The van der Waals surface area contributed by atoms with Gasteiger partial charge in [0.05, 0.1) is 12.8 Å². The van der Waals surface area contributed by atoms with E-state index in [1.54, 1.807) is 43.5 Å². The van der Waals surface area contributed by atoms with E-state index in [1.807, 2.05) is 12.1 Å². The zero-order chi connectivity index (χ0) is 20.0. The fourth-order valence-corrected chi connectivity index (χ4v) is 2.87. The van der Waals surface area contributed by atoms with Crippen LogP contribution in [0.4, 0.5) is 5.69 Å². The van der Waals surface area contributed by atoms with E-state index in [1.165, 1.54) is 0 Å². The van der Waals surface area contributed by atoms with Gasteiger partial charge in [-0.1, -0.05) is 62.9 Å². The summed E-state index contributed by atoms with van der Waals surface area (Å²) < 4.78 is 4.24. The van der Waals surface area contributed by atoms with Gasteiger partial charge in [-0.15, -0.1) is 0 Å². The average Bonchev–Trinajstić information content (AvgIpc) is 2.61. The molecule has 2 aromatic rings. The lowest BCUT2D eigenvalue weighted by molar-refractivity contribution is 0.0934. The molecule has 2 aromatic carbocycles. The number of rotatable bonds is 5. The van der Waals surface area contributed by atoms with Crippen molar-refractivity contribution < 1.29 is 9.53 Å². The molecule has 0 heterocycles. The lowest BCUT2D eigenvalue weighted by atomic mass is 10.2. The number of hydrogen-bond acceptors (Lipinski definition) is 3. The number of ether oxygens (including phenoxy) is 1. The molecule has 27 heavy (non-hydrogen) atoms. The van der Waals surface area contributed by atoms with Gasteiger partial charge < -0.3 is 20.7 Å². The largest absolute Gasteiger partial charge is 0.495 e. The van der Waals surface area contributed by atoms with Crippen molar-refractivity contribution >= 4 is 79.7 Å². The normalized spacial score (nSPS) is 12.0. The van der Waals surface area contributed by atoms with E-state index >= 15 is 0 Å². The third kappa shape index (κ3) is 6.69. The second-order valence-electron chi connectivity index (χ2n) is 5.25. The van der Waals surface area contributed by atoms with Crippen molar-refractivity contribution in [1.29, 1.82) is 0 Å². The number of methoxy groups -OCH3 is 1. The predicted octanol–water partition coefficient (Wildman–Crippen LogP) is 4.87. The van der Waals surface area contributed by atoms with E-state index < -0.39 is 15.9 Å². The molecule has 0 radical (unpaired) electrons. The van der Waals surface area contributed by atoms with Crippen LogP contribution in [-0.4, -0.2) is 28.1 Å². The Labute approximate surface area is 185 Å². The number of carbonyl (C=O) groups excluding carboxylic acids is 1. The Morgan fingerprint density at radius 1 is 1.11 bits per heavy atom. The Hall–Kier alpha value is -1.25. The summed E-state index contributed by atoms with van der Waals surface area (Å²) in [6, 6.07) is 13.9. The molecule has 0 saturated heterocycles. The van der Waals surface area contributed by atoms with Crippen molar-refractivity contribution in [2.45, 2.75) is 9.96 Å². The number of carbonyl (C=O) groups is 1. The van der Waals surface area contributed by atoms with Crippen LogP contribution in [0.2, 0.25) is 0 Å². The topological polar surface area (TPSA) is 62.4 Å². The highest BCUT2D eigenvalue weighted by atomic mass is 79.9. The van der Waals surface area contributed by atoms with Crippen LogP contribution in [0, 0.1) is 0 Å². The zero-order valence-corrected chi connectivity index (χ0v) is 18.6. The van der Waals surface area contributed by atoms with Crippen molar-refractivity contribution in [1.82, 2.24) is 10.6 Å². The number of alkyl halides is 3. The number of thiocarbonyl (C=S) groups is 1. The Balaban J connectivity index is 2.09. The van der Waals surface area contributed by atoms with Gasteiger partial charge in [-0.25, -0.2) is 0 Å². The third-order valence-electron chi connectivity index (χ3n) is 3.34. The van der Waals surface area contributed by atoms with Crippen LogP contribution in [0.1, 0.15) is 10.4 Å². The number of anilines is 1. The maximum atomic E-state index is 12.4. The molecule has 0 spiro atoms. The molecule has 0 aliphatic heterocycles. The first kappa shape index (κ1) is 22.0. The average molecular weight is 512 g/mol. The minimum absolute atomic E-state index is 0.145. The van der Waals surface area contributed by atoms with E-state index in [-0.39, 0.29) is 5.11 Å².